The van der Waals surface area contributed by atoms with Gasteiger partial charge in [0.15, 0.2) is 5.78 Å². The molecule has 0 bridgehead atoms. The van der Waals surface area contributed by atoms with Crippen LogP contribution >= 0.6 is 0 Å². The molecule has 100 valence electrons. The van der Waals surface area contributed by atoms with Crippen molar-refractivity contribution in [3.8, 4) is 11.5 Å². The summed E-state index contributed by atoms with van der Waals surface area (Å²) in [6.07, 6.45) is 2.09. The monoisotopic (exact) mass is 267 g/mol. The largest absolute Gasteiger partial charge is 0.508 e. The van der Waals surface area contributed by atoms with E-state index in [4.69, 9.17) is 5.73 Å². The van der Waals surface area contributed by atoms with Crippen molar-refractivity contribution in [1.82, 2.24) is 0 Å². The Kier molecular flexibility index (Phi) is 2.71. The molecule has 4 nitrogen and oxygen atoms in total. The number of anilines is 1. The minimum atomic E-state index is -0.0697. The average Bonchev–Trinajstić information content (AvgIpc) is 2.72. The molecule has 0 aromatic heterocycles. The second-order valence-corrected chi connectivity index (χ2v) is 4.79. The van der Waals surface area contributed by atoms with Gasteiger partial charge < -0.3 is 15.9 Å². The van der Waals surface area contributed by atoms with Gasteiger partial charge in [0, 0.05) is 34.9 Å². The summed E-state index contributed by atoms with van der Waals surface area (Å²) in [5.41, 5.74) is 9.02. The minimum absolute atomic E-state index is 0.0186. The molecule has 3 rings (SSSR count). The normalized spacial score (nSPS) is 15.6. The van der Waals surface area contributed by atoms with Crippen LogP contribution in [0, 0.1) is 0 Å². The summed E-state index contributed by atoms with van der Waals surface area (Å²) in [6.45, 7) is 0. The molecule has 4 N–H and O–H groups in total. The van der Waals surface area contributed by atoms with Gasteiger partial charge in [-0.15, -0.1) is 0 Å². The van der Waals surface area contributed by atoms with Crippen molar-refractivity contribution in [3.05, 3.63) is 58.7 Å². The number of ketones is 1. The van der Waals surface area contributed by atoms with E-state index in [0.717, 1.165) is 5.56 Å². The highest BCUT2D eigenvalue weighted by Gasteiger charge is 2.26. The molecule has 2 aromatic rings. The van der Waals surface area contributed by atoms with Crippen molar-refractivity contribution < 1.29 is 15.0 Å². The standard InChI is InChI=1S/C16H13NO3/c17-14-3-1-2-12-13(14)7-10(16(12)20)6-9-4-5-11(18)8-15(9)19/h1-6,8,18-19H,7,17H2/b10-6+. The first-order valence-corrected chi connectivity index (χ1v) is 6.21. The number of phenolic OH excluding ortho intramolecular Hbond substituents is 2. The van der Waals surface area contributed by atoms with Crippen LogP contribution in [0.15, 0.2) is 42.0 Å². The Labute approximate surface area is 115 Å². The van der Waals surface area contributed by atoms with Gasteiger partial charge in [0.25, 0.3) is 0 Å². The number of fused-ring (bicyclic) bond motifs is 1. The van der Waals surface area contributed by atoms with Crippen molar-refractivity contribution >= 4 is 17.5 Å². The fourth-order valence-corrected chi connectivity index (χ4v) is 2.42. The number of nitrogen functional groups attached to an aromatic ring is 1. The Bertz CT molecular complexity index is 747. The number of rotatable bonds is 1. The van der Waals surface area contributed by atoms with Gasteiger partial charge in [0.2, 0.25) is 0 Å². The Hall–Kier alpha value is -2.75. The van der Waals surface area contributed by atoms with Crippen LogP contribution in [0.2, 0.25) is 0 Å². The summed E-state index contributed by atoms with van der Waals surface area (Å²) in [7, 11) is 0. The van der Waals surface area contributed by atoms with Crippen LogP contribution in [-0.2, 0) is 6.42 Å². The lowest BCUT2D eigenvalue weighted by atomic mass is 10.1. The topological polar surface area (TPSA) is 83.6 Å². The summed E-state index contributed by atoms with van der Waals surface area (Å²) in [5, 5.41) is 19.0. The minimum Gasteiger partial charge on any atom is -0.508 e. The van der Waals surface area contributed by atoms with Gasteiger partial charge >= 0.3 is 0 Å². The molecule has 1 aliphatic carbocycles. The fourth-order valence-electron chi connectivity index (χ4n) is 2.42. The summed E-state index contributed by atoms with van der Waals surface area (Å²) < 4.78 is 0. The Morgan fingerprint density at radius 3 is 2.65 bits per heavy atom. The molecule has 0 heterocycles. The number of benzene rings is 2. The third-order valence-electron chi connectivity index (χ3n) is 3.46. The maximum absolute atomic E-state index is 12.3. The summed E-state index contributed by atoms with van der Waals surface area (Å²) in [6, 6.07) is 9.56. The fraction of sp³-hybridized carbons (Fsp3) is 0.0625. The van der Waals surface area contributed by atoms with Crippen molar-refractivity contribution in [2.24, 2.45) is 0 Å². The van der Waals surface area contributed by atoms with E-state index in [-0.39, 0.29) is 17.3 Å². The van der Waals surface area contributed by atoms with Gasteiger partial charge in [-0.05, 0) is 29.8 Å². The number of carbonyl (C=O) groups is 1. The predicted octanol–water partition coefficient (Wildman–Crippen LogP) is 2.50. The maximum atomic E-state index is 12.3. The van der Waals surface area contributed by atoms with Crippen molar-refractivity contribution in [2.75, 3.05) is 5.73 Å². The zero-order valence-electron chi connectivity index (χ0n) is 10.6. The summed E-state index contributed by atoms with van der Waals surface area (Å²) >= 11 is 0. The van der Waals surface area contributed by atoms with Crippen LogP contribution in [0.25, 0.3) is 6.08 Å². The molecule has 0 fully saturated rings. The quantitative estimate of drug-likeness (QED) is 0.547. The highest BCUT2D eigenvalue weighted by molar-refractivity contribution is 6.16. The maximum Gasteiger partial charge on any atom is 0.189 e. The zero-order valence-corrected chi connectivity index (χ0v) is 10.6. The van der Waals surface area contributed by atoms with E-state index in [1.807, 2.05) is 0 Å². The summed E-state index contributed by atoms with van der Waals surface area (Å²) in [5.74, 6) is -0.149. The molecule has 4 heteroatoms. The van der Waals surface area contributed by atoms with Crippen LogP contribution in [0.3, 0.4) is 0 Å². The average molecular weight is 267 g/mol. The molecule has 0 atom stereocenters. The van der Waals surface area contributed by atoms with Gasteiger partial charge in [0.05, 0.1) is 0 Å². The van der Waals surface area contributed by atoms with Crippen LogP contribution in [-0.4, -0.2) is 16.0 Å². The molecular weight excluding hydrogens is 254 g/mol. The van der Waals surface area contributed by atoms with Crippen molar-refractivity contribution in [3.63, 3.8) is 0 Å². The summed E-state index contributed by atoms with van der Waals surface area (Å²) in [4.78, 5) is 12.3. The Balaban J connectivity index is 2.04. The molecule has 2 aromatic carbocycles. The lowest BCUT2D eigenvalue weighted by molar-refractivity contribution is 0.104. The first kappa shape index (κ1) is 12.3. The third kappa shape index (κ3) is 1.91. The van der Waals surface area contributed by atoms with E-state index in [0.29, 0.717) is 28.8 Å². The van der Waals surface area contributed by atoms with Crippen LogP contribution in [0.1, 0.15) is 21.5 Å². The Morgan fingerprint density at radius 1 is 1.15 bits per heavy atom. The van der Waals surface area contributed by atoms with Crippen LogP contribution in [0.4, 0.5) is 5.69 Å². The molecule has 0 aliphatic heterocycles. The first-order chi connectivity index (χ1) is 9.56. The molecule has 20 heavy (non-hydrogen) atoms. The second-order valence-electron chi connectivity index (χ2n) is 4.79. The van der Waals surface area contributed by atoms with Crippen molar-refractivity contribution in [2.45, 2.75) is 6.42 Å². The van der Waals surface area contributed by atoms with Gasteiger partial charge in [0.1, 0.15) is 11.5 Å². The third-order valence-corrected chi connectivity index (χ3v) is 3.46. The van der Waals surface area contributed by atoms with Gasteiger partial charge in [-0.1, -0.05) is 12.1 Å². The lowest BCUT2D eigenvalue weighted by Crippen LogP contribution is -1.95. The number of carbonyl (C=O) groups excluding carboxylic acids is 1. The molecule has 0 spiro atoms. The Morgan fingerprint density at radius 2 is 1.95 bits per heavy atom. The van der Waals surface area contributed by atoms with E-state index in [2.05, 4.69) is 0 Å². The van der Waals surface area contributed by atoms with E-state index in [1.165, 1.54) is 12.1 Å². The number of allylic oxidation sites excluding steroid dienone is 1. The molecule has 0 saturated heterocycles. The van der Waals surface area contributed by atoms with Crippen LogP contribution < -0.4 is 5.73 Å². The number of phenols is 2. The lowest BCUT2D eigenvalue weighted by Gasteiger charge is -2.01. The number of Topliss-reactive ketones (excluding diaryl/α,β-unsaturated/α-hetero) is 1. The van der Waals surface area contributed by atoms with E-state index < -0.39 is 0 Å². The SMILES string of the molecule is Nc1cccc2c1C/C(=C\c1ccc(O)cc1O)C2=O. The molecule has 0 amide bonds. The number of hydrogen-bond acceptors (Lipinski definition) is 4. The van der Waals surface area contributed by atoms with Gasteiger partial charge in [-0.3, -0.25) is 4.79 Å². The molecule has 1 aliphatic rings. The van der Waals surface area contributed by atoms with Crippen LogP contribution in [0.5, 0.6) is 11.5 Å². The van der Waals surface area contributed by atoms with Gasteiger partial charge in [-0.25, -0.2) is 0 Å². The molecule has 0 unspecified atom stereocenters. The smallest absolute Gasteiger partial charge is 0.189 e. The first-order valence-electron chi connectivity index (χ1n) is 6.21. The number of nitrogens with two attached hydrogens (primary N) is 1. The molecular formula is C16H13NO3. The highest BCUT2D eigenvalue weighted by Crippen LogP contribution is 2.33. The second kappa shape index (κ2) is 4.42. The zero-order chi connectivity index (χ0) is 14.3. The predicted molar refractivity (Wildman–Crippen MR) is 76.6 cm³/mol. The van der Waals surface area contributed by atoms with E-state index in [9.17, 15) is 15.0 Å². The number of aromatic hydroxyl groups is 2. The van der Waals surface area contributed by atoms with E-state index >= 15 is 0 Å². The molecule has 0 radical (unpaired) electrons. The highest BCUT2D eigenvalue weighted by atomic mass is 16.3. The van der Waals surface area contributed by atoms with Gasteiger partial charge in [-0.2, -0.15) is 0 Å². The van der Waals surface area contributed by atoms with E-state index in [1.54, 1.807) is 30.3 Å². The number of hydrogen-bond donors (Lipinski definition) is 3. The van der Waals surface area contributed by atoms with Crippen molar-refractivity contribution in [1.29, 1.82) is 0 Å². The molecule has 0 saturated carbocycles.